The molecule has 0 saturated carbocycles. The second-order valence-electron chi connectivity index (χ2n) is 7.52. The highest BCUT2D eigenvalue weighted by Gasteiger charge is 2.34. The Morgan fingerprint density at radius 2 is 1.88 bits per heavy atom. The Hall–Kier alpha value is -1.43. The van der Waals surface area contributed by atoms with Crippen molar-refractivity contribution in [3.8, 4) is 0 Å². The molecule has 0 aliphatic carbocycles. The van der Waals surface area contributed by atoms with Crippen LogP contribution in [0.2, 0.25) is 0 Å². The number of aliphatic hydroxyl groups excluding tert-OH is 1. The van der Waals surface area contributed by atoms with Gasteiger partial charge in [0.05, 0.1) is 24.4 Å². The van der Waals surface area contributed by atoms with E-state index in [1.54, 1.807) is 0 Å². The summed E-state index contributed by atoms with van der Waals surface area (Å²) < 4.78 is 5.78. The summed E-state index contributed by atoms with van der Waals surface area (Å²) in [4.78, 5) is 15.0. The Morgan fingerprint density at radius 1 is 1.28 bits per heavy atom. The van der Waals surface area contributed by atoms with E-state index in [0.29, 0.717) is 0 Å². The van der Waals surface area contributed by atoms with Gasteiger partial charge in [0.2, 0.25) is 5.91 Å². The van der Waals surface area contributed by atoms with Gasteiger partial charge in [0.25, 0.3) is 0 Å². The Morgan fingerprint density at radius 3 is 2.44 bits per heavy atom. The van der Waals surface area contributed by atoms with E-state index in [2.05, 4.69) is 24.1 Å². The molecule has 1 aromatic carbocycles. The van der Waals surface area contributed by atoms with Crippen LogP contribution >= 0.6 is 0 Å². The molecule has 0 aromatic heterocycles. The van der Waals surface area contributed by atoms with Crippen molar-refractivity contribution < 1.29 is 14.6 Å². The molecule has 1 aliphatic heterocycles. The topological polar surface area (TPSA) is 61.8 Å². The van der Waals surface area contributed by atoms with Crippen LogP contribution in [0.4, 0.5) is 0 Å². The third-order valence-electron chi connectivity index (χ3n) is 4.76. The minimum absolute atomic E-state index is 0.0241. The largest absolute Gasteiger partial charge is 0.387 e. The first-order chi connectivity index (χ1) is 11.8. The summed E-state index contributed by atoms with van der Waals surface area (Å²) in [6.45, 7) is 11.9. The molecule has 4 atom stereocenters. The molecule has 5 nitrogen and oxygen atoms in total. The van der Waals surface area contributed by atoms with Gasteiger partial charge in [-0.05, 0) is 37.8 Å². The molecule has 1 aromatic rings. The predicted octanol–water partition coefficient (Wildman–Crippen LogP) is 2.28. The minimum Gasteiger partial charge on any atom is -0.387 e. The first-order valence-electron chi connectivity index (χ1n) is 9.20. The molecule has 1 saturated heterocycles. The summed E-state index contributed by atoms with van der Waals surface area (Å²) >= 11 is 0. The van der Waals surface area contributed by atoms with Gasteiger partial charge in [-0.15, -0.1) is 0 Å². The SMILES string of the molecule is Cc1ccccc1C(O)CNC(=O)C(C(C)C)N1CC(C)OC(C)C1. The van der Waals surface area contributed by atoms with Gasteiger partial charge in [-0.1, -0.05) is 38.1 Å². The number of morpholine rings is 1. The number of hydrogen-bond acceptors (Lipinski definition) is 4. The lowest BCUT2D eigenvalue weighted by molar-refractivity contribution is -0.135. The van der Waals surface area contributed by atoms with Crippen molar-refractivity contribution in [2.75, 3.05) is 19.6 Å². The average Bonchev–Trinajstić information content (AvgIpc) is 2.52. The fourth-order valence-corrected chi connectivity index (χ4v) is 3.71. The van der Waals surface area contributed by atoms with Crippen LogP contribution in [0.25, 0.3) is 0 Å². The molecule has 4 unspecified atom stereocenters. The lowest BCUT2D eigenvalue weighted by Crippen LogP contribution is -2.57. The van der Waals surface area contributed by atoms with Crippen molar-refractivity contribution >= 4 is 5.91 Å². The van der Waals surface area contributed by atoms with E-state index in [1.165, 1.54) is 0 Å². The van der Waals surface area contributed by atoms with E-state index < -0.39 is 6.10 Å². The number of aryl methyl sites for hydroxylation is 1. The maximum Gasteiger partial charge on any atom is 0.237 e. The lowest BCUT2D eigenvalue weighted by atomic mass is 9.99. The zero-order valence-corrected chi connectivity index (χ0v) is 16.0. The monoisotopic (exact) mass is 348 g/mol. The minimum atomic E-state index is -0.694. The zero-order valence-electron chi connectivity index (χ0n) is 16.0. The summed E-state index contributed by atoms with van der Waals surface area (Å²) in [6, 6.07) is 7.50. The normalized spacial score (nSPS) is 24.1. The predicted molar refractivity (Wildman–Crippen MR) is 99.4 cm³/mol. The maximum atomic E-state index is 12.8. The number of aliphatic hydroxyl groups is 1. The molecule has 1 amide bonds. The van der Waals surface area contributed by atoms with Gasteiger partial charge < -0.3 is 15.2 Å². The molecule has 140 valence electrons. The Balaban J connectivity index is 2.00. The summed E-state index contributed by atoms with van der Waals surface area (Å²) in [5, 5.41) is 13.4. The van der Waals surface area contributed by atoms with Gasteiger partial charge in [-0.3, -0.25) is 9.69 Å². The van der Waals surface area contributed by atoms with Gasteiger partial charge in [0, 0.05) is 19.6 Å². The smallest absolute Gasteiger partial charge is 0.237 e. The Kier molecular flexibility index (Phi) is 6.99. The number of nitrogens with zero attached hydrogens (tertiary/aromatic N) is 1. The summed E-state index contributed by atoms with van der Waals surface area (Å²) in [7, 11) is 0. The summed E-state index contributed by atoms with van der Waals surface area (Å²) in [6.07, 6.45) is -0.453. The van der Waals surface area contributed by atoms with Crippen molar-refractivity contribution in [1.82, 2.24) is 10.2 Å². The molecule has 0 spiro atoms. The fraction of sp³-hybridized carbons (Fsp3) is 0.650. The molecule has 1 heterocycles. The van der Waals surface area contributed by atoms with Crippen LogP contribution in [0.1, 0.15) is 44.9 Å². The van der Waals surface area contributed by atoms with Crippen molar-refractivity contribution in [2.24, 2.45) is 5.92 Å². The second-order valence-corrected chi connectivity index (χ2v) is 7.52. The third kappa shape index (κ3) is 5.27. The van der Waals surface area contributed by atoms with Gasteiger partial charge in [-0.25, -0.2) is 0 Å². The highest BCUT2D eigenvalue weighted by atomic mass is 16.5. The van der Waals surface area contributed by atoms with Crippen LogP contribution in [0.15, 0.2) is 24.3 Å². The Bertz CT molecular complexity index is 566. The standard InChI is InChI=1S/C20H32N2O3/c1-13(2)19(22-11-15(4)25-16(5)12-22)20(24)21-10-18(23)17-9-7-6-8-14(17)3/h6-9,13,15-16,18-19,23H,10-12H2,1-5H3,(H,21,24). The summed E-state index contributed by atoms with van der Waals surface area (Å²) in [5.41, 5.74) is 1.89. The number of benzene rings is 1. The van der Waals surface area contributed by atoms with Gasteiger partial charge in [0.15, 0.2) is 0 Å². The molecular formula is C20H32N2O3. The van der Waals surface area contributed by atoms with Crippen LogP contribution in [-0.2, 0) is 9.53 Å². The number of rotatable bonds is 6. The van der Waals surface area contributed by atoms with Crippen molar-refractivity contribution in [3.63, 3.8) is 0 Å². The van der Waals surface area contributed by atoms with E-state index in [1.807, 2.05) is 45.0 Å². The van der Waals surface area contributed by atoms with Crippen LogP contribution in [0, 0.1) is 12.8 Å². The van der Waals surface area contributed by atoms with Crippen molar-refractivity contribution in [3.05, 3.63) is 35.4 Å². The number of nitrogens with one attached hydrogen (secondary N) is 1. The molecule has 0 bridgehead atoms. The van der Waals surface area contributed by atoms with E-state index in [4.69, 9.17) is 4.74 Å². The first-order valence-corrected chi connectivity index (χ1v) is 9.20. The highest BCUT2D eigenvalue weighted by Crippen LogP contribution is 2.20. The Labute approximate surface area is 151 Å². The third-order valence-corrected chi connectivity index (χ3v) is 4.76. The molecule has 2 N–H and O–H groups in total. The quantitative estimate of drug-likeness (QED) is 0.828. The van der Waals surface area contributed by atoms with E-state index in [-0.39, 0.29) is 36.6 Å². The van der Waals surface area contributed by atoms with Gasteiger partial charge in [-0.2, -0.15) is 0 Å². The average molecular weight is 348 g/mol. The fourth-order valence-electron chi connectivity index (χ4n) is 3.71. The second kappa shape index (κ2) is 8.79. The van der Waals surface area contributed by atoms with Crippen LogP contribution in [0.3, 0.4) is 0 Å². The number of carbonyl (C=O) groups is 1. The molecule has 2 rings (SSSR count). The maximum absolute atomic E-state index is 12.8. The highest BCUT2D eigenvalue weighted by molar-refractivity contribution is 5.82. The molecule has 5 heteroatoms. The number of hydrogen-bond donors (Lipinski definition) is 2. The molecule has 25 heavy (non-hydrogen) atoms. The van der Waals surface area contributed by atoms with Crippen LogP contribution in [-0.4, -0.2) is 53.8 Å². The van der Waals surface area contributed by atoms with Gasteiger partial charge >= 0.3 is 0 Å². The lowest BCUT2D eigenvalue weighted by Gasteiger charge is -2.41. The number of ether oxygens (including phenoxy) is 1. The van der Waals surface area contributed by atoms with E-state index in [9.17, 15) is 9.90 Å². The van der Waals surface area contributed by atoms with E-state index >= 15 is 0 Å². The van der Waals surface area contributed by atoms with Crippen LogP contribution < -0.4 is 5.32 Å². The van der Waals surface area contributed by atoms with Gasteiger partial charge in [0.1, 0.15) is 0 Å². The molecule has 0 radical (unpaired) electrons. The molecule has 1 fully saturated rings. The first kappa shape index (κ1) is 19.9. The number of carbonyl (C=O) groups excluding carboxylic acids is 1. The van der Waals surface area contributed by atoms with E-state index in [0.717, 1.165) is 24.2 Å². The summed E-state index contributed by atoms with van der Waals surface area (Å²) in [5.74, 6) is 0.164. The van der Waals surface area contributed by atoms with Crippen LogP contribution in [0.5, 0.6) is 0 Å². The zero-order chi connectivity index (χ0) is 18.6. The van der Waals surface area contributed by atoms with Crippen molar-refractivity contribution in [1.29, 1.82) is 0 Å². The van der Waals surface area contributed by atoms with Crippen molar-refractivity contribution in [2.45, 2.75) is 59.0 Å². The molecular weight excluding hydrogens is 316 g/mol. The molecule has 1 aliphatic rings. The number of amides is 1.